The fourth-order valence-corrected chi connectivity index (χ4v) is 2.84. The second kappa shape index (κ2) is 7.27. The summed E-state index contributed by atoms with van der Waals surface area (Å²) >= 11 is 0. The summed E-state index contributed by atoms with van der Waals surface area (Å²) in [6.07, 6.45) is 2.25. The zero-order valence-electron chi connectivity index (χ0n) is 13.6. The van der Waals surface area contributed by atoms with Crippen LogP contribution in [0.2, 0.25) is 0 Å². The maximum absolute atomic E-state index is 12.1. The standard InChI is InChI=1S/C16H27NO3S/c1-6-12-17-15(16(3,4)21(5,18)19)13-8-10-14(11-9-13)20-7-2/h8-11,15,17H,6-7,12H2,1-5H3. The van der Waals surface area contributed by atoms with Crippen LogP contribution >= 0.6 is 0 Å². The molecule has 0 aliphatic carbocycles. The van der Waals surface area contributed by atoms with Crippen molar-refractivity contribution in [3.63, 3.8) is 0 Å². The first kappa shape index (κ1) is 18.0. The Bertz CT molecular complexity index is 535. The van der Waals surface area contributed by atoms with Gasteiger partial charge in [-0.3, -0.25) is 0 Å². The zero-order valence-corrected chi connectivity index (χ0v) is 14.5. The number of nitrogens with one attached hydrogen (secondary N) is 1. The maximum atomic E-state index is 12.1. The van der Waals surface area contributed by atoms with Gasteiger partial charge in [0.25, 0.3) is 0 Å². The Morgan fingerprint density at radius 3 is 2.19 bits per heavy atom. The topological polar surface area (TPSA) is 55.4 Å². The van der Waals surface area contributed by atoms with Crippen molar-refractivity contribution in [1.82, 2.24) is 5.32 Å². The molecule has 21 heavy (non-hydrogen) atoms. The smallest absolute Gasteiger partial charge is 0.154 e. The van der Waals surface area contributed by atoms with Gasteiger partial charge in [0.1, 0.15) is 5.75 Å². The molecule has 0 amide bonds. The summed E-state index contributed by atoms with van der Waals surface area (Å²) in [6.45, 7) is 8.93. The Balaban J connectivity index is 3.13. The van der Waals surface area contributed by atoms with Gasteiger partial charge in [-0.1, -0.05) is 19.1 Å². The van der Waals surface area contributed by atoms with E-state index in [4.69, 9.17) is 4.74 Å². The molecule has 0 bridgehead atoms. The van der Waals surface area contributed by atoms with E-state index >= 15 is 0 Å². The van der Waals surface area contributed by atoms with E-state index in [9.17, 15) is 8.42 Å². The van der Waals surface area contributed by atoms with Crippen molar-refractivity contribution in [3.8, 4) is 5.75 Å². The van der Waals surface area contributed by atoms with Crippen molar-refractivity contribution in [2.24, 2.45) is 0 Å². The molecule has 0 saturated carbocycles. The highest BCUT2D eigenvalue weighted by Gasteiger charge is 2.39. The first-order valence-corrected chi connectivity index (χ1v) is 9.29. The third-order valence-corrected chi connectivity index (χ3v) is 5.92. The quantitative estimate of drug-likeness (QED) is 0.801. The predicted molar refractivity (Wildman–Crippen MR) is 87.6 cm³/mol. The molecule has 0 spiro atoms. The normalized spacial score (nSPS) is 14.0. The van der Waals surface area contributed by atoms with Gasteiger partial charge in [0.15, 0.2) is 9.84 Å². The van der Waals surface area contributed by atoms with Crippen LogP contribution in [0.3, 0.4) is 0 Å². The minimum absolute atomic E-state index is 0.247. The van der Waals surface area contributed by atoms with Gasteiger partial charge in [0.05, 0.1) is 17.4 Å². The average molecular weight is 313 g/mol. The molecule has 1 rings (SSSR count). The van der Waals surface area contributed by atoms with Crippen LogP contribution in [0.15, 0.2) is 24.3 Å². The Kier molecular flexibility index (Phi) is 6.23. The number of benzene rings is 1. The molecule has 0 radical (unpaired) electrons. The van der Waals surface area contributed by atoms with Gasteiger partial charge in [-0.25, -0.2) is 8.42 Å². The lowest BCUT2D eigenvalue weighted by Crippen LogP contribution is -2.45. The molecular formula is C16H27NO3S. The molecule has 0 aromatic heterocycles. The first-order valence-electron chi connectivity index (χ1n) is 7.39. The van der Waals surface area contributed by atoms with Crippen LogP contribution in [0.4, 0.5) is 0 Å². The summed E-state index contributed by atoms with van der Waals surface area (Å²) in [6, 6.07) is 7.40. The lowest BCUT2D eigenvalue weighted by Gasteiger charge is -2.34. The van der Waals surface area contributed by atoms with E-state index in [2.05, 4.69) is 12.2 Å². The molecule has 0 fully saturated rings. The molecule has 0 heterocycles. The van der Waals surface area contributed by atoms with E-state index in [0.29, 0.717) is 6.61 Å². The summed E-state index contributed by atoms with van der Waals surface area (Å²) in [5, 5.41) is 3.36. The van der Waals surface area contributed by atoms with Crippen LogP contribution in [-0.2, 0) is 9.84 Å². The molecule has 1 N–H and O–H groups in total. The highest BCUT2D eigenvalue weighted by Crippen LogP contribution is 2.33. The van der Waals surface area contributed by atoms with Gasteiger partial charge < -0.3 is 10.1 Å². The molecule has 0 aliphatic heterocycles. The minimum Gasteiger partial charge on any atom is -0.494 e. The Hall–Kier alpha value is -1.07. The second-order valence-corrected chi connectivity index (χ2v) is 8.36. The van der Waals surface area contributed by atoms with Gasteiger partial charge in [0, 0.05) is 6.26 Å². The monoisotopic (exact) mass is 313 g/mol. The highest BCUT2D eigenvalue weighted by atomic mass is 32.2. The van der Waals surface area contributed by atoms with E-state index < -0.39 is 14.6 Å². The number of hydrogen-bond acceptors (Lipinski definition) is 4. The van der Waals surface area contributed by atoms with Gasteiger partial charge in [-0.15, -0.1) is 0 Å². The highest BCUT2D eigenvalue weighted by molar-refractivity contribution is 7.92. The Morgan fingerprint density at radius 1 is 1.19 bits per heavy atom. The van der Waals surface area contributed by atoms with E-state index in [1.807, 2.05) is 31.2 Å². The van der Waals surface area contributed by atoms with E-state index in [1.165, 1.54) is 6.26 Å². The van der Waals surface area contributed by atoms with Crippen molar-refractivity contribution in [2.45, 2.75) is 44.9 Å². The van der Waals surface area contributed by atoms with E-state index in [1.54, 1.807) is 13.8 Å². The first-order chi connectivity index (χ1) is 9.74. The van der Waals surface area contributed by atoms with Crippen LogP contribution in [0.25, 0.3) is 0 Å². The SMILES string of the molecule is CCCNC(c1ccc(OCC)cc1)C(C)(C)S(C)(=O)=O. The van der Waals surface area contributed by atoms with Crippen LogP contribution in [0.1, 0.15) is 45.7 Å². The van der Waals surface area contributed by atoms with Gasteiger partial charge in [0.2, 0.25) is 0 Å². The van der Waals surface area contributed by atoms with Crippen molar-refractivity contribution in [1.29, 1.82) is 0 Å². The van der Waals surface area contributed by atoms with Crippen molar-refractivity contribution in [2.75, 3.05) is 19.4 Å². The predicted octanol–water partition coefficient (Wildman–Crippen LogP) is 2.95. The van der Waals surface area contributed by atoms with Crippen molar-refractivity contribution < 1.29 is 13.2 Å². The Morgan fingerprint density at radius 2 is 1.76 bits per heavy atom. The van der Waals surface area contributed by atoms with E-state index in [-0.39, 0.29) is 6.04 Å². The molecular weight excluding hydrogens is 286 g/mol. The Labute approximate surface area is 128 Å². The zero-order chi connectivity index (χ0) is 16.1. The third kappa shape index (κ3) is 4.45. The van der Waals surface area contributed by atoms with Crippen LogP contribution < -0.4 is 10.1 Å². The number of hydrogen-bond donors (Lipinski definition) is 1. The van der Waals surface area contributed by atoms with Crippen LogP contribution in [0.5, 0.6) is 5.75 Å². The summed E-state index contributed by atoms with van der Waals surface area (Å²) < 4.78 is 28.8. The fourth-order valence-electron chi connectivity index (χ4n) is 2.19. The number of rotatable bonds is 8. The molecule has 1 aromatic carbocycles. The van der Waals surface area contributed by atoms with Crippen LogP contribution in [0, 0.1) is 0 Å². The third-order valence-electron chi connectivity index (χ3n) is 3.77. The second-order valence-electron chi connectivity index (χ2n) is 5.76. The fraction of sp³-hybridized carbons (Fsp3) is 0.625. The molecule has 4 nitrogen and oxygen atoms in total. The van der Waals surface area contributed by atoms with E-state index in [0.717, 1.165) is 24.3 Å². The molecule has 120 valence electrons. The molecule has 0 aliphatic rings. The van der Waals surface area contributed by atoms with Crippen LogP contribution in [-0.4, -0.2) is 32.6 Å². The average Bonchev–Trinajstić information content (AvgIpc) is 2.40. The lowest BCUT2D eigenvalue weighted by atomic mass is 9.95. The molecule has 1 unspecified atom stereocenters. The van der Waals surface area contributed by atoms with Gasteiger partial charge in [-0.05, 0) is 51.4 Å². The summed E-state index contributed by atoms with van der Waals surface area (Å²) in [5.74, 6) is 0.799. The van der Waals surface area contributed by atoms with Crippen molar-refractivity contribution in [3.05, 3.63) is 29.8 Å². The molecule has 1 atom stereocenters. The summed E-state index contributed by atoms with van der Waals surface area (Å²) in [7, 11) is -3.19. The summed E-state index contributed by atoms with van der Waals surface area (Å²) in [5.41, 5.74) is 0.960. The largest absolute Gasteiger partial charge is 0.494 e. The number of sulfone groups is 1. The van der Waals surface area contributed by atoms with Gasteiger partial charge >= 0.3 is 0 Å². The number of ether oxygens (including phenoxy) is 1. The summed E-state index contributed by atoms with van der Waals surface area (Å²) in [4.78, 5) is 0. The van der Waals surface area contributed by atoms with Crippen molar-refractivity contribution >= 4 is 9.84 Å². The minimum atomic E-state index is -3.19. The molecule has 5 heteroatoms. The molecule has 1 aromatic rings. The lowest BCUT2D eigenvalue weighted by molar-refractivity contribution is 0.339. The molecule has 0 saturated heterocycles. The maximum Gasteiger partial charge on any atom is 0.154 e. The van der Waals surface area contributed by atoms with Gasteiger partial charge in [-0.2, -0.15) is 0 Å².